The van der Waals surface area contributed by atoms with Crippen molar-refractivity contribution in [3.63, 3.8) is 0 Å². The van der Waals surface area contributed by atoms with E-state index in [1.54, 1.807) is 23.1 Å². The standard InChI is InChI=1S/C24H33Cl2N3O3/c1-3-16(4-2)23(31)28-12-9-19(10-13-28)27-22(30)18-6-5-11-29(15-18)24(32)17-7-8-20(25)21(26)14-17/h7-8,14,16,18-19H,3-6,9-13,15H2,1-2H3,(H,27,30). The Morgan fingerprint density at radius 2 is 1.69 bits per heavy atom. The first-order chi connectivity index (χ1) is 15.3. The van der Waals surface area contributed by atoms with E-state index in [-0.39, 0.29) is 35.6 Å². The quantitative estimate of drug-likeness (QED) is 0.654. The summed E-state index contributed by atoms with van der Waals surface area (Å²) in [5.41, 5.74) is 0.481. The van der Waals surface area contributed by atoms with Crippen LogP contribution in [0.15, 0.2) is 18.2 Å². The topological polar surface area (TPSA) is 69.7 Å². The van der Waals surface area contributed by atoms with Crippen LogP contribution in [0, 0.1) is 11.8 Å². The molecule has 1 N–H and O–H groups in total. The molecule has 1 aromatic carbocycles. The van der Waals surface area contributed by atoms with E-state index < -0.39 is 0 Å². The molecule has 1 atom stereocenters. The maximum atomic E-state index is 12.9. The molecule has 176 valence electrons. The predicted octanol–water partition coefficient (Wildman–Crippen LogP) is 4.39. The molecule has 1 unspecified atom stereocenters. The van der Waals surface area contributed by atoms with Gasteiger partial charge in [-0.3, -0.25) is 14.4 Å². The molecule has 2 saturated heterocycles. The monoisotopic (exact) mass is 481 g/mol. The summed E-state index contributed by atoms with van der Waals surface area (Å²) in [7, 11) is 0. The molecule has 32 heavy (non-hydrogen) atoms. The molecule has 3 rings (SSSR count). The molecule has 2 heterocycles. The summed E-state index contributed by atoms with van der Waals surface area (Å²) < 4.78 is 0. The summed E-state index contributed by atoms with van der Waals surface area (Å²) in [6.07, 6.45) is 4.83. The van der Waals surface area contributed by atoms with Crippen LogP contribution < -0.4 is 5.32 Å². The largest absolute Gasteiger partial charge is 0.353 e. The van der Waals surface area contributed by atoms with Crippen molar-refractivity contribution in [1.82, 2.24) is 15.1 Å². The van der Waals surface area contributed by atoms with Crippen LogP contribution in [0.2, 0.25) is 10.0 Å². The number of hydrogen-bond acceptors (Lipinski definition) is 3. The number of piperidine rings is 2. The average molecular weight is 482 g/mol. The van der Waals surface area contributed by atoms with Gasteiger partial charge in [0.15, 0.2) is 0 Å². The Hall–Kier alpha value is -1.79. The van der Waals surface area contributed by atoms with Crippen LogP contribution in [-0.2, 0) is 9.59 Å². The van der Waals surface area contributed by atoms with Crippen LogP contribution >= 0.6 is 23.2 Å². The van der Waals surface area contributed by atoms with Gasteiger partial charge < -0.3 is 15.1 Å². The van der Waals surface area contributed by atoms with E-state index in [0.717, 1.165) is 38.5 Å². The van der Waals surface area contributed by atoms with Crippen molar-refractivity contribution in [2.24, 2.45) is 11.8 Å². The third-order valence-electron chi connectivity index (χ3n) is 6.73. The number of hydrogen-bond donors (Lipinski definition) is 1. The average Bonchev–Trinajstić information content (AvgIpc) is 2.81. The van der Waals surface area contributed by atoms with Gasteiger partial charge in [0, 0.05) is 43.7 Å². The van der Waals surface area contributed by atoms with Gasteiger partial charge >= 0.3 is 0 Å². The number of benzene rings is 1. The van der Waals surface area contributed by atoms with E-state index >= 15 is 0 Å². The van der Waals surface area contributed by atoms with E-state index in [1.165, 1.54) is 0 Å². The molecule has 2 aliphatic rings. The van der Waals surface area contributed by atoms with Crippen LogP contribution in [0.1, 0.15) is 62.7 Å². The highest BCUT2D eigenvalue weighted by atomic mass is 35.5. The summed E-state index contributed by atoms with van der Waals surface area (Å²) in [6, 6.07) is 4.93. The third kappa shape index (κ3) is 5.96. The zero-order valence-electron chi connectivity index (χ0n) is 18.9. The molecule has 1 aromatic rings. The van der Waals surface area contributed by atoms with Gasteiger partial charge in [0.2, 0.25) is 11.8 Å². The van der Waals surface area contributed by atoms with Crippen LogP contribution in [0.3, 0.4) is 0 Å². The normalized spacial score (nSPS) is 19.8. The molecule has 0 radical (unpaired) electrons. The third-order valence-corrected chi connectivity index (χ3v) is 7.47. The first-order valence-electron chi connectivity index (χ1n) is 11.7. The van der Waals surface area contributed by atoms with Crippen molar-refractivity contribution in [2.45, 2.75) is 58.4 Å². The van der Waals surface area contributed by atoms with Crippen molar-refractivity contribution in [3.8, 4) is 0 Å². The number of carbonyl (C=O) groups is 3. The minimum atomic E-state index is -0.223. The summed E-state index contributed by atoms with van der Waals surface area (Å²) >= 11 is 12.0. The first-order valence-corrected chi connectivity index (χ1v) is 12.4. The molecule has 0 saturated carbocycles. The number of halogens is 2. The molecule has 6 nitrogen and oxygen atoms in total. The maximum Gasteiger partial charge on any atom is 0.253 e. The zero-order chi connectivity index (χ0) is 23.3. The van der Waals surface area contributed by atoms with Crippen molar-refractivity contribution >= 4 is 40.9 Å². The molecule has 0 spiro atoms. The van der Waals surface area contributed by atoms with Crippen molar-refractivity contribution in [3.05, 3.63) is 33.8 Å². The summed E-state index contributed by atoms with van der Waals surface area (Å²) in [6.45, 7) is 6.51. The number of nitrogens with zero attached hydrogens (tertiary/aromatic N) is 2. The van der Waals surface area contributed by atoms with Gasteiger partial charge in [0.1, 0.15) is 0 Å². The lowest BCUT2D eigenvalue weighted by Crippen LogP contribution is -2.51. The Labute approximate surface area is 200 Å². The molecule has 0 aliphatic carbocycles. The summed E-state index contributed by atoms with van der Waals surface area (Å²) in [5.74, 6) is -0.0127. The highest BCUT2D eigenvalue weighted by Crippen LogP contribution is 2.25. The maximum absolute atomic E-state index is 12.9. The Morgan fingerprint density at radius 1 is 1.00 bits per heavy atom. The SMILES string of the molecule is CCC(CC)C(=O)N1CCC(NC(=O)C2CCCN(C(=O)c3ccc(Cl)c(Cl)c3)C2)CC1. The van der Waals surface area contributed by atoms with Gasteiger partial charge in [0.05, 0.1) is 16.0 Å². The Kier molecular flexibility index (Phi) is 8.83. The lowest BCUT2D eigenvalue weighted by molar-refractivity contribution is -0.137. The van der Waals surface area contributed by atoms with Crippen molar-refractivity contribution in [1.29, 1.82) is 0 Å². The van der Waals surface area contributed by atoms with Gasteiger partial charge in [-0.15, -0.1) is 0 Å². The molecule has 0 bridgehead atoms. The molecule has 0 aromatic heterocycles. The lowest BCUT2D eigenvalue weighted by atomic mass is 9.94. The van der Waals surface area contributed by atoms with E-state index in [9.17, 15) is 14.4 Å². The van der Waals surface area contributed by atoms with Gasteiger partial charge in [-0.25, -0.2) is 0 Å². The van der Waals surface area contributed by atoms with Gasteiger partial charge in [-0.2, -0.15) is 0 Å². The fraction of sp³-hybridized carbons (Fsp3) is 0.625. The van der Waals surface area contributed by atoms with E-state index in [4.69, 9.17) is 23.2 Å². The van der Waals surface area contributed by atoms with Crippen molar-refractivity contribution < 1.29 is 14.4 Å². The second-order valence-electron chi connectivity index (χ2n) is 8.84. The molecule has 3 amide bonds. The molecular weight excluding hydrogens is 449 g/mol. The number of likely N-dealkylation sites (tertiary alicyclic amines) is 2. The number of nitrogens with one attached hydrogen (secondary N) is 1. The highest BCUT2D eigenvalue weighted by molar-refractivity contribution is 6.42. The second-order valence-corrected chi connectivity index (χ2v) is 9.66. The minimum absolute atomic E-state index is 0.00130. The van der Waals surface area contributed by atoms with Crippen LogP contribution in [0.25, 0.3) is 0 Å². The summed E-state index contributed by atoms with van der Waals surface area (Å²) in [5, 5.41) is 3.92. The van der Waals surface area contributed by atoms with E-state index in [1.807, 2.05) is 4.90 Å². The van der Waals surface area contributed by atoms with Crippen LogP contribution in [-0.4, -0.2) is 59.7 Å². The van der Waals surface area contributed by atoms with Gasteiger partial charge in [0.25, 0.3) is 5.91 Å². The van der Waals surface area contributed by atoms with Gasteiger partial charge in [-0.1, -0.05) is 37.0 Å². The number of amides is 3. The predicted molar refractivity (Wildman–Crippen MR) is 127 cm³/mol. The number of carbonyl (C=O) groups excluding carboxylic acids is 3. The van der Waals surface area contributed by atoms with E-state index in [0.29, 0.717) is 41.8 Å². The number of rotatable bonds is 6. The summed E-state index contributed by atoms with van der Waals surface area (Å²) in [4.78, 5) is 42.0. The molecule has 2 fully saturated rings. The Bertz CT molecular complexity index is 836. The molecule has 8 heteroatoms. The Morgan fingerprint density at radius 3 is 2.31 bits per heavy atom. The van der Waals surface area contributed by atoms with Gasteiger partial charge in [-0.05, 0) is 56.7 Å². The highest BCUT2D eigenvalue weighted by Gasteiger charge is 2.32. The van der Waals surface area contributed by atoms with Crippen LogP contribution in [0.4, 0.5) is 0 Å². The second kappa shape index (κ2) is 11.4. The lowest BCUT2D eigenvalue weighted by Gasteiger charge is -2.36. The molecular formula is C24H33Cl2N3O3. The fourth-order valence-corrected chi connectivity index (χ4v) is 4.94. The van der Waals surface area contributed by atoms with E-state index in [2.05, 4.69) is 19.2 Å². The van der Waals surface area contributed by atoms with Crippen LogP contribution in [0.5, 0.6) is 0 Å². The first kappa shape index (κ1) is 24.8. The smallest absolute Gasteiger partial charge is 0.253 e. The Balaban J connectivity index is 1.51. The minimum Gasteiger partial charge on any atom is -0.353 e. The fourth-order valence-electron chi connectivity index (χ4n) is 4.65. The zero-order valence-corrected chi connectivity index (χ0v) is 20.4. The van der Waals surface area contributed by atoms with Crippen molar-refractivity contribution in [2.75, 3.05) is 26.2 Å². The molecule has 2 aliphatic heterocycles.